The van der Waals surface area contributed by atoms with Gasteiger partial charge in [-0.05, 0) is 51.4 Å². The third-order valence-electron chi connectivity index (χ3n) is 12.7. The van der Waals surface area contributed by atoms with Gasteiger partial charge in [0.2, 0.25) is 0 Å². The third-order valence-corrected chi connectivity index (χ3v) is 13.7. The maximum atomic E-state index is 12.7. The summed E-state index contributed by atoms with van der Waals surface area (Å²) in [7, 11) is 1.49. The molecule has 0 radical (unpaired) electrons. The molecule has 0 saturated heterocycles. The standard InChI is InChI=1S/C58H110NO8P/c1-6-8-10-12-14-15-16-17-18-19-20-21-22-23-24-25-26-27-28-29-30-31-32-33-34-35-36-37-38-39-40-41-42-43-45-47-49-51-58(61)67-56(55-66-68(62,63)65-53-52-59(3,4)5)54-64-57(60)50-48-46-44-13-11-9-7-2/h16-17,19-20,22-23,56H,6-15,18,21,24-55H2,1-5H3/p+1/b17-16-,20-19-,23-22-. The second kappa shape index (κ2) is 50.2. The summed E-state index contributed by atoms with van der Waals surface area (Å²) in [6.45, 7) is 4.39. The Morgan fingerprint density at radius 1 is 0.456 bits per heavy atom. The van der Waals surface area contributed by atoms with Crippen LogP contribution >= 0.6 is 7.82 Å². The van der Waals surface area contributed by atoms with E-state index in [9.17, 15) is 19.0 Å². The van der Waals surface area contributed by atoms with E-state index >= 15 is 0 Å². The van der Waals surface area contributed by atoms with Crippen LogP contribution in [0.2, 0.25) is 0 Å². The van der Waals surface area contributed by atoms with E-state index in [0.717, 1.165) is 44.9 Å². The fourth-order valence-corrected chi connectivity index (χ4v) is 8.94. The van der Waals surface area contributed by atoms with Gasteiger partial charge in [-0.3, -0.25) is 18.6 Å². The predicted molar refractivity (Wildman–Crippen MR) is 289 cm³/mol. The monoisotopic (exact) mass is 981 g/mol. The minimum Gasteiger partial charge on any atom is -0.462 e. The number of quaternary nitrogens is 1. The zero-order valence-electron chi connectivity index (χ0n) is 45.4. The van der Waals surface area contributed by atoms with Gasteiger partial charge in [0.25, 0.3) is 0 Å². The maximum absolute atomic E-state index is 12.7. The lowest BCUT2D eigenvalue weighted by molar-refractivity contribution is -0.870. The van der Waals surface area contributed by atoms with Gasteiger partial charge in [-0.2, -0.15) is 0 Å². The Bertz CT molecular complexity index is 1250. The van der Waals surface area contributed by atoms with Crippen molar-refractivity contribution in [3.05, 3.63) is 36.5 Å². The average molecular weight is 981 g/mol. The highest BCUT2D eigenvalue weighted by Gasteiger charge is 2.27. The molecule has 0 saturated carbocycles. The van der Waals surface area contributed by atoms with Gasteiger partial charge in [0.15, 0.2) is 6.10 Å². The van der Waals surface area contributed by atoms with Crippen molar-refractivity contribution in [3.8, 4) is 0 Å². The second-order valence-electron chi connectivity index (χ2n) is 20.7. The van der Waals surface area contributed by atoms with Crippen LogP contribution in [0.5, 0.6) is 0 Å². The predicted octanol–water partition coefficient (Wildman–Crippen LogP) is 17.6. The molecule has 2 unspecified atom stereocenters. The molecule has 0 aliphatic rings. The summed E-state index contributed by atoms with van der Waals surface area (Å²) in [4.78, 5) is 35.3. The van der Waals surface area contributed by atoms with Crippen molar-refractivity contribution in [2.45, 2.75) is 277 Å². The van der Waals surface area contributed by atoms with Crippen LogP contribution in [0.3, 0.4) is 0 Å². The number of phosphoric ester groups is 1. The number of allylic oxidation sites excluding steroid dienone is 6. The SMILES string of the molecule is CCCCCCC/C=C\C/C=C\C/C=C\CCCCCCCCCCCCCCCCCCCCCCCCC(=O)OC(COC(=O)CCCCCCCCC)COP(=O)(O)OCC[N+](C)(C)C. The maximum Gasteiger partial charge on any atom is 0.472 e. The average Bonchev–Trinajstić information content (AvgIpc) is 3.30. The lowest BCUT2D eigenvalue weighted by atomic mass is 10.0. The van der Waals surface area contributed by atoms with Crippen LogP contribution in [0.1, 0.15) is 271 Å². The van der Waals surface area contributed by atoms with Crippen molar-refractivity contribution >= 4 is 19.8 Å². The Morgan fingerprint density at radius 3 is 1.18 bits per heavy atom. The lowest BCUT2D eigenvalue weighted by Gasteiger charge is -2.24. The number of hydrogen-bond acceptors (Lipinski definition) is 7. The molecular formula is C58H111NO8P+. The molecule has 0 aromatic heterocycles. The Labute approximate surface area is 421 Å². The summed E-state index contributed by atoms with van der Waals surface area (Å²) in [5.41, 5.74) is 0. The number of rotatable bonds is 53. The number of nitrogens with zero attached hydrogens (tertiary/aromatic N) is 1. The van der Waals surface area contributed by atoms with Crippen LogP contribution in [0.4, 0.5) is 0 Å². The molecule has 0 fully saturated rings. The van der Waals surface area contributed by atoms with E-state index in [2.05, 4.69) is 50.3 Å². The van der Waals surface area contributed by atoms with Crippen molar-refractivity contribution in [3.63, 3.8) is 0 Å². The van der Waals surface area contributed by atoms with Crippen molar-refractivity contribution in [1.82, 2.24) is 0 Å². The van der Waals surface area contributed by atoms with Crippen LogP contribution in [0.25, 0.3) is 0 Å². The number of ether oxygens (including phenoxy) is 2. The number of phosphoric acid groups is 1. The summed E-state index contributed by atoms with van der Waals surface area (Å²) >= 11 is 0. The van der Waals surface area contributed by atoms with E-state index in [0.29, 0.717) is 23.9 Å². The van der Waals surface area contributed by atoms with Gasteiger partial charge in [0.05, 0.1) is 27.7 Å². The first kappa shape index (κ1) is 66.2. The highest BCUT2D eigenvalue weighted by atomic mass is 31.2. The van der Waals surface area contributed by atoms with Crippen LogP contribution in [-0.4, -0.2) is 74.9 Å². The molecule has 0 rings (SSSR count). The largest absolute Gasteiger partial charge is 0.472 e. The van der Waals surface area contributed by atoms with E-state index in [1.54, 1.807) is 0 Å². The van der Waals surface area contributed by atoms with E-state index in [1.807, 2.05) is 21.1 Å². The number of esters is 2. The molecule has 0 aromatic carbocycles. The number of hydrogen-bond donors (Lipinski definition) is 1. The van der Waals surface area contributed by atoms with Crippen molar-refractivity contribution in [2.75, 3.05) is 47.5 Å². The summed E-state index contributed by atoms with van der Waals surface area (Å²) in [6, 6.07) is 0. The van der Waals surface area contributed by atoms with Gasteiger partial charge in [0.1, 0.15) is 19.8 Å². The highest BCUT2D eigenvalue weighted by Crippen LogP contribution is 2.43. The second-order valence-corrected chi connectivity index (χ2v) is 22.1. The summed E-state index contributed by atoms with van der Waals surface area (Å²) in [6.07, 6.45) is 61.3. The van der Waals surface area contributed by atoms with Crippen molar-refractivity contribution in [1.29, 1.82) is 0 Å². The normalized spacial score (nSPS) is 13.6. The number of likely N-dealkylation sites (N-methyl/N-ethyl adjacent to an activating group) is 1. The number of carbonyl (C=O) groups is 2. The smallest absolute Gasteiger partial charge is 0.462 e. The molecule has 68 heavy (non-hydrogen) atoms. The van der Waals surface area contributed by atoms with Gasteiger partial charge < -0.3 is 18.9 Å². The van der Waals surface area contributed by atoms with E-state index < -0.39 is 26.5 Å². The van der Waals surface area contributed by atoms with Crippen LogP contribution in [0, 0.1) is 0 Å². The topological polar surface area (TPSA) is 108 Å². The Balaban J connectivity index is 3.81. The van der Waals surface area contributed by atoms with Gasteiger partial charge in [-0.1, -0.05) is 243 Å². The summed E-state index contributed by atoms with van der Waals surface area (Å²) < 4.78 is 34.3. The molecule has 0 aliphatic carbocycles. The van der Waals surface area contributed by atoms with Gasteiger partial charge in [-0.15, -0.1) is 0 Å². The molecule has 0 heterocycles. The Morgan fingerprint density at radius 2 is 0.794 bits per heavy atom. The summed E-state index contributed by atoms with van der Waals surface area (Å²) in [5.74, 6) is -0.793. The molecule has 0 amide bonds. The number of unbranched alkanes of at least 4 members (excludes halogenated alkanes) is 33. The highest BCUT2D eigenvalue weighted by molar-refractivity contribution is 7.47. The number of carbonyl (C=O) groups excluding carboxylic acids is 2. The molecule has 0 aliphatic heterocycles. The third kappa shape index (κ3) is 53.6. The van der Waals surface area contributed by atoms with Crippen LogP contribution in [-0.2, 0) is 32.7 Å². The van der Waals surface area contributed by atoms with Gasteiger partial charge in [-0.25, -0.2) is 4.57 Å². The molecule has 0 bridgehead atoms. The fraction of sp³-hybridized carbons (Fsp3) is 0.862. The quantitative estimate of drug-likeness (QED) is 0.0211. The Hall–Kier alpha value is -1.77. The first-order valence-corrected chi connectivity index (χ1v) is 30.2. The molecule has 1 N–H and O–H groups in total. The van der Waals surface area contributed by atoms with Gasteiger partial charge in [0, 0.05) is 12.8 Å². The lowest BCUT2D eigenvalue weighted by Crippen LogP contribution is -2.37. The summed E-state index contributed by atoms with van der Waals surface area (Å²) in [5, 5.41) is 0. The first-order valence-electron chi connectivity index (χ1n) is 28.7. The van der Waals surface area contributed by atoms with E-state index in [4.69, 9.17) is 18.5 Å². The minimum absolute atomic E-state index is 0.0344. The molecule has 10 heteroatoms. The molecule has 9 nitrogen and oxygen atoms in total. The molecular weight excluding hydrogens is 870 g/mol. The van der Waals surface area contributed by atoms with Crippen LogP contribution < -0.4 is 0 Å². The Kier molecular flexibility index (Phi) is 48.9. The van der Waals surface area contributed by atoms with E-state index in [-0.39, 0.29) is 25.6 Å². The zero-order chi connectivity index (χ0) is 49.9. The zero-order valence-corrected chi connectivity index (χ0v) is 46.2. The van der Waals surface area contributed by atoms with Crippen molar-refractivity contribution in [2.24, 2.45) is 0 Å². The minimum atomic E-state index is -4.37. The molecule has 0 aromatic rings. The molecule has 0 spiro atoms. The van der Waals surface area contributed by atoms with Crippen molar-refractivity contribution < 1.29 is 42.1 Å². The van der Waals surface area contributed by atoms with Crippen LogP contribution in [0.15, 0.2) is 36.5 Å². The first-order chi connectivity index (χ1) is 33.0. The van der Waals surface area contributed by atoms with E-state index in [1.165, 1.54) is 193 Å². The molecule has 400 valence electrons. The van der Waals surface area contributed by atoms with Gasteiger partial charge >= 0.3 is 19.8 Å². The molecule has 2 atom stereocenters. The fourth-order valence-electron chi connectivity index (χ4n) is 8.20.